The van der Waals surface area contributed by atoms with Gasteiger partial charge in [0.1, 0.15) is 0 Å². The quantitative estimate of drug-likeness (QED) is 0.572. The molecule has 1 aromatic carbocycles. The van der Waals surface area contributed by atoms with Crippen molar-refractivity contribution in [2.75, 3.05) is 7.11 Å². The highest BCUT2D eigenvalue weighted by Crippen LogP contribution is 2.35. The first-order valence-corrected chi connectivity index (χ1v) is 3.76. The van der Waals surface area contributed by atoms with Crippen LogP contribution in [0, 0.1) is 10.1 Å². The molecular weight excluding hydrogens is 206 g/mol. The highest BCUT2D eigenvalue weighted by molar-refractivity contribution is 5.96. The third-order valence-corrected chi connectivity index (χ3v) is 1.75. The Kier molecular flexibility index (Phi) is 2.75. The summed E-state index contributed by atoms with van der Waals surface area (Å²) in [5.41, 5.74) is -1.46. The number of ether oxygens (including phenoxy) is 1. The summed E-state index contributed by atoms with van der Waals surface area (Å²) in [5, 5.41) is 28.5. The van der Waals surface area contributed by atoms with Crippen molar-refractivity contribution in [3.8, 4) is 11.5 Å². The average Bonchev–Trinajstić information content (AvgIpc) is 2.16. The lowest BCUT2D eigenvalue weighted by Gasteiger charge is -2.05. The van der Waals surface area contributed by atoms with Gasteiger partial charge < -0.3 is 14.9 Å². The van der Waals surface area contributed by atoms with E-state index in [2.05, 4.69) is 4.74 Å². The molecule has 0 spiro atoms. The van der Waals surface area contributed by atoms with E-state index in [4.69, 9.17) is 5.11 Å². The molecule has 0 aliphatic heterocycles. The largest absolute Gasteiger partial charge is 0.503 e. The second-order valence-electron chi connectivity index (χ2n) is 2.57. The van der Waals surface area contributed by atoms with Crippen LogP contribution in [0.1, 0.15) is 10.4 Å². The molecule has 1 rings (SSSR count). The van der Waals surface area contributed by atoms with Gasteiger partial charge in [-0.15, -0.1) is 0 Å². The predicted octanol–water partition coefficient (Wildman–Crippen LogP) is 1.01. The lowest BCUT2D eigenvalue weighted by molar-refractivity contribution is -0.385. The fourth-order valence-electron chi connectivity index (χ4n) is 1.09. The number of benzene rings is 1. The predicted molar refractivity (Wildman–Crippen MR) is 48.3 cm³/mol. The number of rotatable bonds is 3. The molecule has 0 bridgehead atoms. The van der Waals surface area contributed by atoms with Gasteiger partial charge in [-0.25, -0.2) is 4.79 Å². The van der Waals surface area contributed by atoms with Gasteiger partial charge >= 0.3 is 5.97 Å². The fraction of sp³-hybridized carbons (Fsp3) is 0.125. The van der Waals surface area contributed by atoms with E-state index in [0.717, 1.165) is 12.1 Å². The Hall–Kier alpha value is -2.31. The van der Waals surface area contributed by atoms with E-state index >= 15 is 0 Å². The molecule has 80 valence electrons. The van der Waals surface area contributed by atoms with Gasteiger partial charge in [-0.3, -0.25) is 10.1 Å². The first kappa shape index (κ1) is 10.8. The summed E-state index contributed by atoms with van der Waals surface area (Å²) < 4.78 is 4.63. The molecule has 0 saturated carbocycles. The van der Waals surface area contributed by atoms with Crippen molar-refractivity contribution in [2.45, 2.75) is 0 Å². The molecule has 0 radical (unpaired) electrons. The Morgan fingerprint density at radius 3 is 2.53 bits per heavy atom. The smallest absolute Gasteiger partial charge is 0.346 e. The van der Waals surface area contributed by atoms with Gasteiger partial charge in [0, 0.05) is 6.07 Å². The van der Waals surface area contributed by atoms with Crippen LogP contribution < -0.4 is 4.74 Å². The minimum atomic E-state index is -1.59. The van der Waals surface area contributed by atoms with E-state index in [1.807, 2.05) is 0 Å². The number of hydrogen-bond acceptors (Lipinski definition) is 5. The second-order valence-corrected chi connectivity index (χ2v) is 2.57. The lowest BCUT2D eigenvalue weighted by atomic mass is 10.1. The maximum atomic E-state index is 10.7. The molecular formula is C8H7NO6. The van der Waals surface area contributed by atoms with Crippen molar-refractivity contribution in [3.63, 3.8) is 0 Å². The van der Waals surface area contributed by atoms with Gasteiger partial charge in [-0.1, -0.05) is 0 Å². The minimum absolute atomic E-state index is 0.127. The zero-order chi connectivity index (χ0) is 11.6. The maximum absolute atomic E-state index is 10.7. The summed E-state index contributed by atoms with van der Waals surface area (Å²) in [6, 6.07) is 2.09. The molecule has 1 aromatic rings. The zero-order valence-electron chi connectivity index (χ0n) is 7.63. The summed E-state index contributed by atoms with van der Waals surface area (Å²) in [5.74, 6) is -2.46. The molecule has 7 heteroatoms. The number of nitro groups is 1. The molecule has 2 N–H and O–H groups in total. The van der Waals surface area contributed by atoms with E-state index in [-0.39, 0.29) is 5.75 Å². The zero-order valence-corrected chi connectivity index (χ0v) is 7.63. The minimum Gasteiger partial charge on any atom is -0.503 e. The summed E-state index contributed by atoms with van der Waals surface area (Å²) in [7, 11) is 1.21. The number of phenols is 1. The number of aromatic carboxylic acids is 1. The highest BCUT2D eigenvalue weighted by Gasteiger charge is 2.26. The fourth-order valence-corrected chi connectivity index (χ4v) is 1.09. The number of nitro benzene ring substituents is 1. The van der Waals surface area contributed by atoms with Gasteiger partial charge in [0.05, 0.1) is 12.0 Å². The molecule has 0 saturated heterocycles. The maximum Gasteiger partial charge on any atom is 0.346 e. The normalized spacial score (nSPS) is 9.67. The number of carboxylic acids is 1. The van der Waals surface area contributed by atoms with Gasteiger partial charge in [-0.2, -0.15) is 0 Å². The molecule has 0 aromatic heterocycles. The lowest BCUT2D eigenvalue weighted by Crippen LogP contribution is -2.03. The molecule has 0 heterocycles. The van der Waals surface area contributed by atoms with Crippen LogP contribution in [0.2, 0.25) is 0 Å². The molecule has 7 nitrogen and oxygen atoms in total. The summed E-state index contributed by atoms with van der Waals surface area (Å²) >= 11 is 0. The molecule has 15 heavy (non-hydrogen) atoms. The third-order valence-electron chi connectivity index (χ3n) is 1.75. The number of aromatic hydroxyl groups is 1. The first-order valence-electron chi connectivity index (χ1n) is 3.76. The summed E-state index contributed by atoms with van der Waals surface area (Å²) in [6.45, 7) is 0. The van der Waals surface area contributed by atoms with Crippen LogP contribution in [0.25, 0.3) is 0 Å². The van der Waals surface area contributed by atoms with Crippen LogP contribution in [-0.4, -0.2) is 28.2 Å². The molecule has 0 fully saturated rings. The van der Waals surface area contributed by atoms with Gasteiger partial charge in [-0.05, 0) is 6.07 Å². The molecule has 0 aliphatic rings. The SMILES string of the molecule is COc1ccc([N+](=O)[O-])c(C(=O)O)c1O. The molecule has 0 amide bonds. The van der Waals surface area contributed by atoms with Gasteiger partial charge in [0.2, 0.25) is 0 Å². The topological polar surface area (TPSA) is 110 Å². The number of hydrogen-bond donors (Lipinski definition) is 2. The molecule has 0 atom stereocenters. The van der Waals surface area contributed by atoms with Crippen molar-refractivity contribution in [2.24, 2.45) is 0 Å². The van der Waals surface area contributed by atoms with Crippen LogP contribution in [0.4, 0.5) is 5.69 Å². The van der Waals surface area contributed by atoms with E-state index in [9.17, 15) is 20.0 Å². The van der Waals surface area contributed by atoms with Crippen molar-refractivity contribution in [3.05, 3.63) is 27.8 Å². The van der Waals surface area contributed by atoms with E-state index in [1.54, 1.807) is 0 Å². The number of carbonyl (C=O) groups is 1. The Morgan fingerprint density at radius 2 is 2.13 bits per heavy atom. The van der Waals surface area contributed by atoms with E-state index < -0.39 is 27.9 Å². The van der Waals surface area contributed by atoms with E-state index in [1.165, 1.54) is 7.11 Å². The van der Waals surface area contributed by atoms with Crippen molar-refractivity contribution in [1.82, 2.24) is 0 Å². The van der Waals surface area contributed by atoms with Crippen molar-refractivity contribution in [1.29, 1.82) is 0 Å². The number of carboxylic acid groups (broad SMARTS) is 1. The molecule has 0 unspecified atom stereocenters. The Bertz CT molecular complexity index is 427. The molecule has 0 aliphatic carbocycles. The Balaban J connectivity index is 3.51. The third kappa shape index (κ3) is 1.80. The second kappa shape index (κ2) is 3.82. The van der Waals surface area contributed by atoms with Crippen LogP contribution in [0.3, 0.4) is 0 Å². The monoisotopic (exact) mass is 213 g/mol. The standard InChI is InChI=1S/C8H7NO6/c1-15-5-3-2-4(9(13)14)6(7(5)10)8(11)12/h2-3,10H,1H3,(H,11,12). The van der Waals surface area contributed by atoms with Crippen LogP contribution in [0.5, 0.6) is 11.5 Å². The van der Waals surface area contributed by atoms with Crippen LogP contribution >= 0.6 is 0 Å². The van der Waals surface area contributed by atoms with E-state index in [0.29, 0.717) is 0 Å². The summed E-state index contributed by atoms with van der Waals surface area (Å²) in [6.07, 6.45) is 0. The highest BCUT2D eigenvalue weighted by atomic mass is 16.6. The Labute approximate surface area is 83.7 Å². The van der Waals surface area contributed by atoms with Crippen molar-refractivity contribution < 1.29 is 24.7 Å². The number of methoxy groups -OCH3 is 1. The van der Waals surface area contributed by atoms with Crippen molar-refractivity contribution >= 4 is 11.7 Å². The van der Waals surface area contributed by atoms with Crippen LogP contribution in [0.15, 0.2) is 12.1 Å². The van der Waals surface area contributed by atoms with Gasteiger partial charge in [0.25, 0.3) is 5.69 Å². The number of nitrogens with zero attached hydrogens (tertiary/aromatic N) is 1. The van der Waals surface area contributed by atoms with Crippen LogP contribution in [-0.2, 0) is 0 Å². The summed E-state index contributed by atoms with van der Waals surface area (Å²) in [4.78, 5) is 20.3. The average molecular weight is 213 g/mol. The van der Waals surface area contributed by atoms with Gasteiger partial charge in [0.15, 0.2) is 17.1 Å². The Morgan fingerprint density at radius 1 is 1.53 bits per heavy atom. The first-order chi connectivity index (χ1) is 6.99.